The number of phenols is 1. The summed E-state index contributed by atoms with van der Waals surface area (Å²) in [6.07, 6.45) is 3.56. The standard InChI is InChI=1S/C14H12FNO/c15-10-4-6-13(17)12(8-10)11-5-3-9-2-1-7-16-14(9)11/h1-2,4,6-8,11,17H,3,5H2. The highest BCUT2D eigenvalue weighted by Gasteiger charge is 2.27. The van der Waals surface area contributed by atoms with E-state index in [0.29, 0.717) is 5.56 Å². The number of nitrogens with zero attached hydrogens (tertiary/aromatic N) is 1. The Morgan fingerprint density at radius 2 is 2.18 bits per heavy atom. The van der Waals surface area contributed by atoms with E-state index >= 15 is 0 Å². The number of hydrogen-bond acceptors (Lipinski definition) is 2. The van der Waals surface area contributed by atoms with Gasteiger partial charge in [-0.05, 0) is 42.7 Å². The van der Waals surface area contributed by atoms with E-state index in [9.17, 15) is 9.50 Å². The molecule has 1 aliphatic rings. The van der Waals surface area contributed by atoms with Gasteiger partial charge < -0.3 is 5.11 Å². The van der Waals surface area contributed by atoms with Gasteiger partial charge in [-0.1, -0.05) is 6.07 Å². The Morgan fingerprint density at radius 1 is 1.29 bits per heavy atom. The zero-order chi connectivity index (χ0) is 11.8. The van der Waals surface area contributed by atoms with Crippen molar-refractivity contribution < 1.29 is 9.50 Å². The third kappa shape index (κ3) is 1.68. The van der Waals surface area contributed by atoms with E-state index < -0.39 is 0 Å². The molecule has 2 nitrogen and oxygen atoms in total. The molecule has 1 unspecified atom stereocenters. The highest BCUT2D eigenvalue weighted by molar-refractivity contribution is 5.44. The van der Waals surface area contributed by atoms with Crippen molar-refractivity contribution >= 4 is 0 Å². The van der Waals surface area contributed by atoms with Crippen LogP contribution in [0.3, 0.4) is 0 Å². The van der Waals surface area contributed by atoms with Crippen molar-refractivity contribution in [1.82, 2.24) is 4.98 Å². The van der Waals surface area contributed by atoms with Crippen molar-refractivity contribution in [2.75, 3.05) is 0 Å². The van der Waals surface area contributed by atoms with Crippen molar-refractivity contribution in [2.24, 2.45) is 0 Å². The molecule has 0 fully saturated rings. The van der Waals surface area contributed by atoms with Crippen LogP contribution in [0.5, 0.6) is 5.75 Å². The van der Waals surface area contributed by atoms with Crippen LogP contribution in [0.1, 0.15) is 29.2 Å². The fourth-order valence-corrected chi connectivity index (χ4v) is 2.52. The lowest BCUT2D eigenvalue weighted by molar-refractivity contribution is 0.461. The van der Waals surface area contributed by atoms with Crippen LogP contribution in [0.2, 0.25) is 0 Å². The number of benzene rings is 1. The molecule has 0 bridgehead atoms. The van der Waals surface area contributed by atoms with Crippen LogP contribution in [-0.4, -0.2) is 10.1 Å². The number of aromatic hydroxyl groups is 1. The lowest BCUT2D eigenvalue weighted by Crippen LogP contribution is -1.99. The van der Waals surface area contributed by atoms with E-state index in [1.807, 2.05) is 12.1 Å². The van der Waals surface area contributed by atoms with Gasteiger partial charge in [0.05, 0.1) is 5.69 Å². The minimum absolute atomic E-state index is 0.0156. The average Bonchev–Trinajstić information content (AvgIpc) is 2.76. The molecule has 2 aromatic rings. The largest absolute Gasteiger partial charge is 0.508 e. The molecule has 1 heterocycles. The summed E-state index contributed by atoms with van der Waals surface area (Å²) in [5, 5.41) is 9.83. The van der Waals surface area contributed by atoms with Gasteiger partial charge in [-0.2, -0.15) is 0 Å². The molecular formula is C14H12FNO. The van der Waals surface area contributed by atoms with Crippen LogP contribution < -0.4 is 0 Å². The summed E-state index contributed by atoms with van der Waals surface area (Å²) in [5.74, 6) is -0.154. The lowest BCUT2D eigenvalue weighted by atomic mass is 9.95. The van der Waals surface area contributed by atoms with Crippen LogP contribution in [0.15, 0.2) is 36.5 Å². The maximum absolute atomic E-state index is 13.2. The Balaban J connectivity index is 2.10. The summed E-state index contributed by atoms with van der Waals surface area (Å²) < 4.78 is 13.2. The average molecular weight is 229 g/mol. The minimum Gasteiger partial charge on any atom is -0.508 e. The quantitative estimate of drug-likeness (QED) is 0.815. The normalized spacial score (nSPS) is 18.1. The summed E-state index contributed by atoms with van der Waals surface area (Å²) in [5.41, 5.74) is 2.80. The monoisotopic (exact) mass is 229 g/mol. The maximum atomic E-state index is 13.2. The fraction of sp³-hybridized carbons (Fsp3) is 0.214. The molecule has 0 saturated heterocycles. The topological polar surface area (TPSA) is 33.1 Å². The number of pyridine rings is 1. The van der Waals surface area contributed by atoms with Gasteiger partial charge in [0.1, 0.15) is 11.6 Å². The van der Waals surface area contributed by atoms with Gasteiger partial charge in [-0.3, -0.25) is 4.98 Å². The van der Waals surface area contributed by atoms with Crippen molar-refractivity contribution in [3.63, 3.8) is 0 Å². The third-order valence-electron chi connectivity index (χ3n) is 3.32. The molecule has 1 aromatic carbocycles. The Bertz CT molecular complexity index is 568. The zero-order valence-electron chi connectivity index (χ0n) is 9.23. The van der Waals surface area contributed by atoms with Gasteiger partial charge in [0.25, 0.3) is 0 Å². The SMILES string of the molecule is Oc1ccc(F)cc1C1CCc2cccnc21. The first-order chi connectivity index (χ1) is 8.25. The lowest BCUT2D eigenvalue weighted by Gasteiger charge is -2.12. The summed E-state index contributed by atoms with van der Waals surface area (Å²) in [6.45, 7) is 0. The molecule has 3 rings (SSSR count). The molecule has 0 saturated carbocycles. The third-order valence-corrected chi connectivity index (χ3v) is 3.32. The fourth-order valence-electron chi connectivity index (χ4n) is 2.52. The predicted molar refractivity (Wildman–Crippen MR) is 62.5 cm³/mol. The maximum Gasteiger partial charge on any atom is 0.123 e. The molecular weight excluding hydrogens is 217 g/mol. The van der Waals surface area contributed by atoms with Gasteiger partial charge >= 0.3 is 0 Å². The highest BCUT2D eigenvalue weighted by Crippen LogP contribution is 2.40. The number of aryl methyl sites for hydroxylation is 1. The zero-order valence-corrected chi connectivity index (χ0v) is 9.23. The van der Waals surface area contributed by atoms with Gasteiger partial charge in [-0.15, -0.1) is 0 Å². The number of rotatable bonds is 1. The molecule has 0 amide bonds. The second-order valence-electron chi connectivity index (χ2n) is 4.34. The predicted octanol–water partition coefficient (Wildman–Crippen LogP) is 3.00. The van der Waals surface area contributed by atoms with Crippen LogP contribution in [0, 0.1) is 5.82 Å². The molecule has 0 radical (unpaired) electrons. The van der Waals surface area contributed by atoms with Crippen LogP contribution >= 0.6 is 0 Å². The first kappa shape index (κ1) is 10.3. The number of phenolic OH excluding ortho intramolecular Hbond substituents is 1. The molecule has 3 heteroatoms. The first-order valence-electron chi connectivity index (χ1n) is 5.68. The summed E-state index contributed by atoms with van der Waals surface area (Å²) >= 11 is 0. The molecule has 0 spiro atoms. The van der Waals surface area contributed by atoms with Gasteiger partial charge in [0.2, 0.25) is 0 Å². The second-order valence-corrected chi connectivity index (χ2v) is 4.34. The number of halogens is 1. The Labute approximate surface area is 98.8 Å². The summed E-state index contributed by atoms with van der Waals surface area (Å²) in [6, 6.07) is 8.04. The van der Waals surface area contributed by atoms with Crippen molar-refractivity contribution in [3.8, 4) is 5.75 Å². The summed E-state index contributed by atoms with van der Waals surface area (Å²) in [7, 11) is 0. The van der Waals surface area contributed by atoms with Gasteiger partial charge in [-0.25, -0.2) is 4.39 Å². The number of hydrogen-bond donors (Lipinski definition) is 1. The van der Waals surface area contributed by atoms with E-state index in [4.69, 9.17) is 0 Å². The van der Waals surface area contributed by atoms with Crippen molar-refractivity contribution in [2.45, 2.75) is 18.8 Å². The molecule has 17 heavy (non-hydrogen) atoms. The van der Waals surface area contributed by atoms with Crippen LogP contribution in [0.25, 0.3) is 0 Å². The van der Waals surface area contributed by atoms with Gasteiger partial charge in [0, 0.05) is 17.7 Å². The Hall–Kier alpha value is -1.90. The summed E-state index contributed by atoms with van der Waals surface area (Å²) in [4.78, 5) is 4.35. The Morgan fingerprint density at radius 3 is 3.06 bits per heavy atom. The molecule has 1 atom stereocenters. The van der Waals surface area contributed by atoms with Crippen molar-refractivity contribution in [3.05, 3.63) is 59.2 Å². The minimum atomic E-state index is -0.317. The molecule has 1 N–H and O–H groups in total. The van der Waals surface area contributed by atoms with Gasteiger partial charge in [0.15, 0.2) is 0 Å². The molecule has 0 aliphatic heterocycles. The van der Waals surface area contributed by atoms with Crippen molar-refractivity contribution in [1.29, 1.82) is 0 Å². The molecule has 1 aromatic heterocycles. The molecule has 86 valence electrons. The van der Waals surface area contributed by atoms with E-state index in [-0.39, 0.29) is 17.5 Å². The Kier molecular flexibility index (Phi) is 2.32. The van der Waals surface area contributed by atoms with E-state index in [1.165, 1.54) is 23.8 Å². The second kappa shape index (κ2) is 3.84. The van der Waals surface area contributed by atoms with E-state index in [2.05, 4.69) is 4.98 Å². The van der Waals surface area contributed by atoms with E-state index in [0.717, 1.165) is 18.5 Å². The molecule has 1 aliphatic carbocycles. The number of fused-ring (bicyclic) bond motifs is 1. The smallest absolute Gasteiger partial charge is 0.123 e. The van der Waals surface area contributed by atoms with Crippen LogP contribution in [-0.2, 0) is 6.42 Å². The highest BCUT2D eigenvalue weighted by atomic mass is 19.1. The first-order valence-corrected chi connectivity index (χ1v) is 5.68. The number of aromatic nitrogens is 1. The van der Waals surface area contributed by atoms with Crippen LogP contribution in [0.4, 0.5) is 4.39 Å². The van der Waals surface area contributed by atoms with E-state index in [1.54, 1.807) is 6.20 Å².